The molecular formula is C21H24F6N8O. The van der Waals surface area contributed by atoms with Crippen molar-refractivity contribution in [2.75, 3.05) is 39.3 Å². The van der Waals surface area contributed by atoms with E-state index in [0.717, 1.165) is 10.9 Å². The van der Waals surface area contributed by atoms with Crippen LogP contribution in [0.1, 0.15) is 30.5 Å². The summed E-state index contributed by atoms with van der Waals surface area (Å²) in [5.41, 5.74) is -0.0661. The van der Waals surface area contributed by atoms with E-state index in [4.69, 9.17) is 0 Å². The Kier molecular flexibility index (Phi) is 4.96. The van der Waals surface area contributed by atoms with E-state index < -0.39 is 24.7 Å². The molecule has 0 N–H and O–H groups in total. The van der Waals surface area contributed by atoms with Gasteiger partial charge in [-0.25, -0.2) is 19.4 Å². The fourth-order valence-corrected chi connectivity index (χ4v) is 6.21. The minimum absolute atomic E-state index is 0.00941. The molecule has 196 valence electrons. The Balaban J connectivity index is 0.928. The molecule has 4 fully saturated rings. The van der Waals surface area contributed by atoms with E-state index in [-0.39, 0.29) is 22.9 Å². The van der Waals surface area contributed by atoms with E-state index in [9.17, 15) is 31.1 Å². The van der Waals surface area contributed by atoms with Crippen LogP contribution in [0.3, 0.4) is 0 Å². The van der Waals surface area contributed by atoms with Crippen molar-refractivity contribution < 1.29 is 31.1 Å². The number of halogens is 6. The standard InChI is InChI=1S/C21H24F6N8O/c22-20(23,24)12-32-2-1-28-15(32)5-31-6-19(7-31)10-34(11-19)17(36)33-8-18(9-33)3-14(4-18)35-13-29-16(30-35)21(25,26)27/h1-2,13-14H,3-12H2. The van der Waals surface area contributed by atoms with Crippen molar-refractivity contribution in [3.63, 3.8) is 0 Å². The normalized spacial score (nSPS) is 23.4. The Morgan fingerprint density at radius 1 is 0.944 bits per heavy atom. The summed E-state index contributed by atoms with van der Waals surface area (Å²) < 4.78 is 78.6. The van der Waals surface area contributed by atoms with E-state index in [0.29, 0.717) is 64.5 Å². The summed E-state index contributed by atoms with van der Waals surface area (Å²) >= 11 is 0. The van der Waals surface area contributed by atoms with Gasteiger partial charge in [-0.2, -0.15) is 26.3 Å². The summed E-state index contributed by atoms with van der Waals surface area (Å²) in [6.45, 7) is 3.09. The lowest BCUT2D eigenvalue weighted by atomic mass is 9.60. The molecule has 4 aliphatic rings. The van der Waals surface area contributed by atoms with Crippen molar-refractivity contribution in [3.05, 3.63) is 30.4 Å². The van der Waals surface area contributed by atoms with Gasteiger partial charge >= 0.3 is 18.4 Å². The zero-order chi connectivity index (χ0) is 25.5. The van der Waals surface area contributed by atoms with Gasteiger partial charge in [0.25, 0.3) is 5.82 Å². The lowest BCUT2D eigenvalue weighted by Crippen LogP contribution is -2.75. The number of carbonyl (C=O) groups excluding carboxylic acids is 1. The number of urea groups is 1. The van der Waals surface area contributed by atoms with Crippen LogP contribution in [0.25, 0.3) is 0 Å². The van der Waals surface area contributed by atoms with Crippen LogP contribution < -0.4 is 0 Å². The topological polar surface area (TPSA) is 75.3 Å². The maximum Gasteiger partial charge on any atom is 0.453 e. The Labute approximate surface area is 201 Å². The molecule has 0 radical (unpaired) electrons. The van der Waals surface area contributed by atoms with E-state index in [2.05, 4.69) is 15.1 Å². The number of amides is 2. The molecule has 36 heavy (non-hydrogen) atoms. The highest BCUT2D eigenvalue weighted by Gasteiger charge is 2.58. The van der Waals surface area contributed by atoms with Gasteiger partial charge in [0, 0.05) is 62.5 Å². The van der Waals surface area contributed by atoms with E-state index in [1.54, 1.807) is 9.80 Å². The summed E-state index contributed by atoms with van der Waals surface area (Å²) in [5.74, 6) is -0.763. The summed E-state index contributed by atoms with van der Waals surface area (Å²) in [6, 6.07) is -0.167. The molecule has 3 aliphatic heterocycles. The fraction of sp³-hybridized carbons (Fsp3) is 0.714. The van der Waals surface area contributed by atoms with Crippen LogP contribution in [0.15, 0.2) is 18.7 Å². The summed E-state index contributed by atoms with van der Waals surface area (Å²) in [6.07, 6.45) is -3.71. The van der Waals surface area contributed by atoms with E-state index >= 15 is 0 Å². The molecular weight excluding hydrogens is 494 g/mol. The number of rotatable bonds is 4. The van der Waals surface area contributed by atoms with Gasteiger partial charge in [-0.05, 0) is 12.8 Å². The first kappa shape index (κ1) is 23.6. The molecule has 5 heterocycles. The van der Waals surface area contributed by atoms with Crippen molar-refractivity contribution in [2.24, 2.45) is 10.8 Å². The lowest BCUT2D eigenvalue weighted by Gasteiger charge is -2.63. The molecule has 6 rings (SSSR count). The number of likely N-dealkylation sites (tertiary alicyclic amines) is 3. The third kappa shape index (κ3) is 4.10. The first-order valence-electron chi connectivity index (χ1n) is 11.6. The van der Waals surface area contributed by atoms with Crippen LogP contribution in [0.5, 0.6) is 0 Å². The van der Waals surface area contributed by atoms with Gasteiger partial charge in [-0.3, -0.25) is 4.90 Å². The summed E-state index contributed by atoms with van der Waals surface area (Å²) in [7, 11) is 0. The number of hydrogen-bond acceptors (Lipinski definition) is 5. The van der Waals surface area contributed by atoms with Crippen molar-refractivity contribution >= 4 is 6.03 Å². The monoisotopic (exact) mass is 518 g/mol. The molecule has 0 aromatic carbocycles. The second kappa shape index (κ2) is 7.59. The number of hydrogen-bond donors (Lipinski definition) is 0. The Bertz CT molecular complexity index is 1140. The molecule has 2 amide bonds. The summed E-state index contributed by atoms with van der Waals surface area (Å²) in [4.78, 5) is 25.8. The highest BCUT2D eigenvalue weighted by atomic mass is 19.4. The first-order chi connectivity index (χ1) is 16.8. The Hall–Kier alpha value is -2.84. The Morgan fingerprint density at radius 2 is 1.58 bits per heavy atom. The predicted molar refractivity (Wildman–Crippen MR) is 110 cm³/mol. The molecule has 2 aromatic rings. The van der Waals surface area contributed by atoms with Gasteiger partial charge in [-0.1, -0.05) is 0 Å². The number of imidazole rings is 1. The minimum atomic E-state index is -4.56. The molecule has 2 aromatic heterocycles. The number of alkyl halides is 6. The number of aromatic nitrogens is 5. The smallest absolute Gasteiger partial charge is 0.325 e. The average Bonchev–Trinajstić information content (AvgIpc) is 3.28. The third-order valence-corrected chi connectivity index (χ3v) is 7.75. The summed E-state index contributed by atoms with van der Waals surface area (Å²) in [5, 5.41) is 3.55. The van der Waals surface area contributed by atoms with E-state index in [1.165, 1.54) is 17.1 Å². The van der Waals surface area contributed by atoms with Crippen LogP contribution in [0.2, 0.25) is 0 Å². The highest BCUT2D eigenvalue weighted by molar-refractivity contribution is 5.77. The second-order valence-electron chi connectivity index (χ2n) is 10.8. The SMILES string of the molecule is O=C(N1CC2(CC(n3cnc(C(F)(F)F)n3)C2)C1)N1CC2(CN(Cc3nccn3CC(F)(F)F)C2)C1. The largest absolute Gasteiger partial charge is 0.453 e. The van der Waals surface area contributed by atoms with E-state index in [1.807, 2.05) is 4.90 Å². The van der Waals surface area contributed by atoms with Gasteiger partial charge in [0.2, 0.25) is 0 Å². The van der Waals surface area contributed by atoms with Crippen LogP contribution in [-0.4, -0.2) is 90.5 Å². The van der Waals surface area contributed by atoms with Crippen LogP contribution >= 0.6 is 0 Å². The van der Waals surface area contributed by atoms with Gasteiger partial charge in [0.05, 0.1) is 12.6 Å². The maximum absolute atomic E-state index is 12.8. The van der Waals surface area contributed by atoms with Crippen LogP contribution in [0, 0.1) is 10.8 Å². The van der Waals surface area contributed by atoms with Crippen molar-refractivity contribution in [2.45, 2.75) is 44.3 Å². The molecule has 2 spiro atoms. The van der Waals surface area contributed by atoms with Crippen LogP contribution in [-0.2, 0) is 19.3 Å². The van der Waals surface area contributed by atoms with Gasteiger partial charge in [0.15, 0.2) is 0 Å². The third-order valence-electron chi connectivity index (χ3n) is 7.75. The lowest BCUT2D eigenvalue weighted by molar-refractivity contribution is -0.146. The molecule has 1 saturated carbocycles. The molecule has 15 heteroatoms. The van der Waals surface area contributed by atoms with Crippen molar-refractivity contribution in [1.29, 1.82) is 0 Å². The van der Waals surface area contributed by atoms with Gasteiger partial charge in [0.1, 0.15) is 18.7 Å². The highest BCUT2D eigenvalue weighted by Crippen LogP contribution is 2.54. The van der Waals surface area contributed by atoms with Crippen molar-refractivity contribution in [3.8, 4) is 0 Å². The minimum Gasteiger partial charge on any atom is -0.325 e. The second-order valence-corrected chi connectivity index (χ2v) is 10.8. The molecule has 9 nitrogen and oxygen atoms in total. The Morgan fingerprint density at radius 3 is 2.17 bits per heavy atom. The van der Waals surface area contributed by atoms with Crippen molar-refractivity contribution in [1.82, 2.24) is 39.0 Å². The van der Waals surface area contributed by atoms with Gasteiger partial charge in [-0.15, -0.1) is 5.10 Å². The quantitative estimate of drug-likeness (QED) is 0.582. The van der Waals surface area contributed by atoms with Crippen LogP contribution in [0.4, 0.5) is 31.1 Å². The predicted octanol–water partition coefficient (Wildman–Crippen LogP) is 2.63. The zero-order valence-electron chi connectivity index (χ0n) is 19.1. The average molecular weight is 518 g/mol. The molecule has 1 aliphatic carbocycles. The van der Waals surface area contributed by atoms with Gasteiger partial charge < -0.3 is 14.4 Å². The molecule has 3 saturated heterocycles. The fourth-order valence-electron chi connectivity index (χ4n) is 6.21. The molecule has 0 atom stereocenters. The first-order valence-corrected chi connectivity index (χ1v) is 11.6. The number of nitrogens with zero attached hydrogens (tertiary/aromatic N) is 8. The number of carbonyl (C=O) groups is 1. The zero-order valence-corrected chi connectivity index (χ0v) is 19.1. The molecule has 0 bridgehead atoms. The molecule has 0 unspecified atom stereocenters. The maximum atomic E-state index is 12.8.